The fourth-order valence-corrected chi connectivity index (χ4v) is 4.55. The largest absolute Gasteiger partial charge is 0.377 e. The van der Waals surface area contributed by atoms with Crippen LogP contribution in [-0.2, 0) is 14.8 Å². The summed E-state index contributed by atoms with van der Waals surface area (Å²) in [6, 6.07) is 7.74. The SMILES string of the molecule is Cc1ccccc1[C@H](NS(=O)(=O)C[C@@H]1CCCCO1)C(C)C. The highest BCUT2D eigenvalue weighted by Gasteiger charge is 2.27. The minimum atomic E-state index is -3.37. The molecule has 0 radical (unpaired) electrons. The minimum Gasteiger partial charge on any atom is -0.377 e. The van der Waals surface area contributed by atoms with E-state index in [0.29, 0.717) is 6.61 Å². The number of benzene rings is 1. The molecule has 0 bridgehead atoms. The van der Waals surface area contributed by atoms with E-state index in [9.17, 15) is 8.42 Å². The van der Waals surface area contributed by atoms with E-state index < -0.39 is 10.0 Å². The Balaban J connectivity index is 2.11. The van der Waals surface area contributed by atoms with E-state index in [2.05, 4.69) is 4.72 Å². The van der Waals surface area contributed by atoms with Gasteiger partial charge in [0.2, 0.25) is 10.0 Å². The Bertz CT molecular complexity index is 577. The molecule has 0 aliphatic carbocycles. The smallest absolute Gasteiger partial charge is 0.214 e. The van der Waals surface area contributed by atoms with E-state index in [0.717, 1.165) is 30.4 Å². The molecule has 1 aromatic rings. The third-order valence-corrected chi connectivity index (χ3v) is 5.60. The van der Waals surface area contributed by atoms with Crippen LogP contribution >= 0.6 is 0 Å². The van der Waals surface area contributed by atoms with Gasteiger partial charge in [-0.2, -0.15) is 0 Å². The molecule has 0 unspecified atom stereocenters. The van der Waals surface area contributed by atoms with Gasteiger partial charge < -0.3 is 4.74 Å². The van der Waals surface area contributed by atoms with Crippen molar-refractivity contribution in [2.24, 2.45) is 5.92 Å². The van der Waals surface area contributed by atoms with Crippen molar-refractivity contribution in [3.8, 4) is 0 Å². The lowest BCUT2D eigenvalue weighted by atomic mass is 9.94. The summed E-state index contributed by atoms with van der Waals surface area (Å²) in [6.45, 7) is 6.77. The minimum absolute atomic E-state index is 0.0576. The fourth-order valence-electron chi connectivity index (χ4n) is 2.92. The van der Waals surface area contributed by atoms with Gasteiger partial charge in [-0.05, 0) is 43.2 Å². The Hall–Kier alpha value is -0.910. The van der Waals surface area contributed by atoms with Gasteiger partial charge in [-0.3, -0.25) is 0 Å². The lowest BCUT2D eigenvalue weighted by molar-refractivity contribution is 0.0303. The number of ether oxygens (including phenoxy) is 1. The van der Waals surface area contributed by atoms with Gasteiger partial charge in [0.25, 0.3) is 0 Å². The molecule has 0 saturated carbocycles. The molecule has 2 atom stereocenters. The Kier molecular flexibility index (Phi) is 6.01. The fraction of sp³-hybridized carbons (Fsp3) is 0.647. The zero-order chi connectivity index (χ0) is 16.2. The Morgan fingerprint density at radius 3 is 2.59 bits per heavy atom. The Morgan fingerprint density at radius 1 is 1.27 bits per heavy atom. The first-order valence-corrected chi connectivity index (χ1v) is 9.71. The third-order valence-electron chi connectivity index (χ3n) is 4.18. The Morgan fingerprint density at radius 2 is 2.00 bits per heavy atom. The summed E-state index contributed by atoms with van der Waals surface area (Å²) in [4.78, 5) is 0. The summed E-state index contributed by atoms with van der Waals surface area (Å²) in [5.74, 6) is 0.241. The van der Waals surface area contributed by atoms with Crippen molar-refractivity contribution in [1.29, 1.82) is 0 Å². The topological polar surface area (TPSA) is 55.4 Å². The normalized spacial score (nSPS) is 21.0. The van der Waals surface area contributed by atoms with Crippen LogP contribution in [-0.4, -0.2) is 26.9 Å². The second-order valence-corrected chi connectivity index (χ2v) is 8.26. The Labute approximate surface area is 134 Å². The highest BCUT2D eigenvalue weighted by atomic mass is 32.2. The monoisotopic (exact) mass is 325 g/mol. The molecule has 124 valence electrons. The van der Waals surface area contributed by atoms with Crippen molar-refractivity contribution in [2.75, 3.05) is 12.4 Å². The van der Waals surface area contributed by atoms with E-state index in [-0.39, 0.29) is 23.8 Å². The second-order valence-electron chi connectivity index (χ2n) is 6.47. The number of nitrogens with one attached hydrogen (secondary N) is 1. The molecule has 1 fully saturated rings. The predicted octanol–water partition coefficient (Wildman–Crippen LogP) is 3.18. The highest BCUT2D eigenvalue weighted by molar-refractivity contribution is 7.89. The summed E-state index contributed by atoms with van der Waals surface area (Å²) in [5.41, 5.74) is 2.16. The average Bonchev–Trinajstić information content (AvgIpc) is 2.46. The standard InChI is InChI=1S/C17H27NO3S/c1-13(2)17(16-10-5-4-8-14(16)3)18-22(19,20)12-15-9-6-7-11-21-15/h4-5,8,10,13,15,17-18H,6-7,9,11-12H2,1-3H3/t15-,17+/m0/s1. The molecule has 0 aromatic heterocycles. The molecule has 22 heavy (non-hydrogen) atoms. The van der Waals surface area contributed by atoms with Crippen molar-refractivity contribution >= 4 is 10.0 Å². The average molecular weight is 325 g/mol. The van der Waals surface area contributed by atoms with Crippen molar-refractivity contribution < 1.29 is 13.2 Å². The van der Waals surface area contributed by atoms with E-state index in [1.54, 1.807) is 0 Å². The maximum Gasteiger partial charge on any atom is 0.214 e. The molecule has 5 heteroatoms. The van der Waals surface area contributed by atoms with E-state index in [1.165, 1.54) is 0 Å². The summed E-state index contributed by atoms with van der Waals surface area (Å²) in [5, 5.41) is 0. The molecule has 2 rings (SSSR count). The second kappa shape index (κ2) is 7.57. The number of aryl methyl sites for hydroxylation is 1. The van der Waals surface area contributed by atoms with Gasteiger partial charge in [0.05, 0.1) is 11.9 Å². The number of rotatable bonds is 6. The molecule has 0 amide bonds. The van der Waals surface area contributed by atoms with E-state index in [4.69, 9.17) is 4.74 Å². The van der Waals surface area contributed by atoms with Crippen molar-refractivity contribution in [3.05, 3.63) is 35.4 Å². The first-order chi connectivity index (χ1) is 10.4. The first-order valence-electron chi connectivity index (χ1n) is 8.06. The number of hydrogen-bond donors (Lipinski definition) is 1. The van der Waals surface area contributed by atoms with E-state index in [1.807, 2.05) is 45.0 Å². The maximum absolute atomic E-state index is 12.5. The van der Waals surface area contributed by atoms with Gasteiger partial charge in [0.15, 0.2) is 0 Å². The van der Waals surface area contributed by atoms with Crippen LogP contribution < -0.4 is 4.72 Å². The van der Waals surface area contributed by atoms with Crippen LogP contribution in [0.25, 0.3) is 0 Å². The maximum atomic E-state index is 12.5. The zero-order valence-electron chi connectivity index (χ0n) is 13.7. The van der Waals surface area contributed by atoms with E-state index >= 15 is 0 Å². The van der Waals surface area contributed by atoms with Gasteiger partial charge >= 0.3 is 0 Å². The van der Waals surface area contributed by atoms with Crippen molar-refractivity contribution in [3.63, 3.8) is 0 Å². The first kappa shape index (κ1) is 17.4. The zero-order valence-corrected chi connectivity index (χ0v) is 14.5. The quantitative estimate of drug-likeness (QED) is 0.874. The summed E-state index contributed by atoms with van der Waals surface area (Å²) < 4.78 is 33.5. The molecular weight excluding hydrogens is 298 g/mol. The molecular formula is C17H27NO3S. The lowest BCUT2D eigenvalue weighted by Gasteiger charge is -2.27. The van der Waals surface area contributed by atoms with Crippen LogP contribution in [0.4, 0.5) is 0 Å². The number of sulfonamides is 1. The molecule has 1 saturated heterocycles. The van der Waals surface area contributed by atoms with Crippen LogP contribution in [0.15, 0.2) is 24.3 Å². The van der Waals surface area contributed by atoms with Gasteiger partial charge in [-0.25, -0.2) is 13.1 Å². The third kappa shape index (κ3) is 4.80. The molecule has 0 spiro atoms. The molecule has 4 nitrogen and oxygen atoms in total. The summed E-state index contributed by atoms with van der Waals surface area (Å²) >= 11 is 0. The lowest BCUT2D eigenvalue weighted by Crippen LogP contribution is -2.38. The van der Waals surface area contributed by atoms with Gasteiger partial charge in [0.1, 0.15) is 0 Å². The summed E-state index contributed by atoms with van der Waals surface area (Å²) in [7, 11) is -3.37. The van der Waals surface area contributed by atoms with Gasteiger partial charge in [0, 0.05) is 12.6 Å². The molecule has 1 aliphatic heterocycles. The van der Waals surface area contributed by atoms with Gasteiger partial charge in [-0.1, -0.05) is 38.1 Å². The predicted molar refractivity (Wildman–Crippen MR) is 89.3 cm³/mol. The van der Waals surface area contributed by atoms with Crippen molar-refractivity contribution in [2.45, 2.75) is 52.2 Å². The number of hydrogen-bond acceptors (Lipinski definition) is 3. The van der Waals surface area contributed by atoms with Crippen molar-refractivity contribution in [1.82, 2.24) is 4.72 Å². The van der Waals surface area contributed by atoms with Crippen LogP contribution in [0, 0.1) is 12.8 Å². The van der Waals surface area contributed by atoms with Crippen LogP contribution in [0.5, 0.6) is 0 Å². The van der Waals surface area contributed by atoms with Crippen LogP contribution in [0.1, 0.15) is 50.3 Å². The van der Waals surface area contributed by atoms with Crippen LogP contribution in [0.2, 0.25) is 0 Å². The van der Waals surface area contributed by atoms with Crippen LogP contribution in [0.3, 0.4) is 0 Å². The molecule has 1 N–H and O–H groups in total. The molecule has 1 aliphatic rings. The molecule has 1 aromatic carbocycles. The summed E-state index contributed by atoms with van der Waals surface area (Å²) in [6.07, 6.45) is 2.74. The van der Waals surface area contributed by atoms with Gasteiger partial charge in [-0.15, -0.1) is 0 Å². The highest BCUT2D eigenvalue weighted by Crippen LogP contribution is 2.26. The molecule has 1 heterocycles.